The van der Waals surface area contributed by atoms with Gasteiger partial charge in [0.1, 0.15) is 0 Å². The van der Waals surface area contributed by atoms with Crippen molar-refractivity contribution in [1.82, 2.24) is 10.2 Å². The van der Waals surface area contributed by atoms with Crippen molar-refractivity contribution in [3.63, 3.8) is 0 Å². The van der Waals surface area contributed by atoms with E-state index in [-0.39, 0.29) is 5.91 Å². The van der Waals surface area contributed by atoms with Crippen LogP contribution in [-0.4, -0.2) is 47.2 Å². The van der Waals surface area contributed by atoms with Gasteiger partial charge in [0.05, 0.1) is 12.0 Å². The van der Waals surface area contributed by atoms with E-state index >= 15 is 0 Å². The topological polar surface area (TPSA) is 52.6 Å². The summed E-state index contributed by atoms with van der Waals surface area (Å²) in [5, 5.41) is 13.3. The summed E-state index contributed by atoms with van der Waals surface area (Å²) in [6.45, 7) is 5.54. The number of aliphatic hydroxyl groups is 1. The largest absolute Gasteiger partial charge is 0.389 e. The molecule has 2 N–H and O–H groups in total. The molecule has 0 aromatic carbocycles. The van der Waals surface area contributed by atoms with Crippen molar-refractivity contribution in [1.29, 1.82) is 0 Å². The number of carbonyl (C=O) groups excluding carboxylic acids is 1. The summed E-state index contributed by atoms with van der Waals surface area (Å²) in [5.41, 5.74) is -0.715. The summed E-state index contributed by atoms with van der Waals surface area (Å²) in [5.74, 6) is 0.0401. The van der Waals surface area contributed by atoms with Crippen LogP contribution in [0.1, 0.15) is 58.3 Å². The Balaban J connectivity index is 1.69. The smallest absolute Gasteiger partial charge is 0.223 e. The van der Waals surface area contributed by atoms with Crippen LogP contribution in [0.2, 0.25) is 0 Å². The Labute approximate surface area is 116 Å². The van der Waals surface area contributed by atoms with Gasteiger partial charge in [-0.05, 0) is 38.6 Å². The molecule has 0 radical (unpaired) electrons. The van der Waals surface area contributed by atoms with E-state index in [2.05, 4.69) is 17.1 Å². The molecule has 2 fully saturated rings. The third kappa shape index (κ3) is 4.46. The Hall–Kier alpha value is -0.610. The lowest BCUT2D eigenvalue weighted by atomic mass is 9.97. The quantitative estimate of drug-likeness (QED) is 0.797. The second-order valence-electron chi connectivity index (χ2n) is 6.29. The molecule has 1 saturated carbocycles. The molecule has 4 nitrogen and oxygen atoms in total. The minimum atomic E-state index is -0.715. The third-order valence-corrected chi connectivity index (χ3v) is 4.52. The fourth-order valence-electron chi connectivity index (χ4n) is 3.40. The number of hydrogen-bond donors (Lipinski definition) is 2. The van der Waals surface area contributed by atoms with Gasteiger partial charge in [-0.3, -0.25) is 4.79 Å². The molecule has 0 aromatic heterocycles. The lowest BCUT2D eigenvalue weighted by Crippen LogP contribution is -2.46. The van der Waals surface area contributed by atoms with Crippen molar-refractivity contribution in [2.24, 2.45) is 0 Å². The lowest BCUT2D eigenvalue weighted by Gasteiger charge is -2.32. The molecule has 4 heteroatoms. The number of likely N-dealkylation sites (tertiary alicyclic amines) is 1. The molecule has 1 aliphatic carbocycles. The highest BCUT2D eigenvalue weighted by Gasteiger charge is 2.34. The summed E-state index contributed by atoms with van der Waals surface area (Å²) in [6.07, 6.45) is 7.27. The van der Waals surface area contributed by atoms with Crippen molar-refractivity contribution in [2.45, 2.75) is 69.9 Å². The number of rotatable bonds is 5. The van der Waals surface area contributed by atoms with Crippen molar-refractivity contribution in [3.8, 4) is 0 Å². The van der Waals surface area contributed by atoms with Crippen molar-refractivity contribution in [2.75, 3.05) is 19.6 Å². The molecule has 1 heterocycles. The first kappa shape index (κ1) is 14.8. The van der Waals surface area contributed by atoms with E-state index in [1.807, 2.05) is 0 Å². The Morgan fingerprint density at radius 2 is 1.95 bits per heavy atom. The first-order valence-corrected chi connectivity index (χ1v) is 7.85. The van der Waals surface area contributed by atoms with Gasteiger partial charge in [0.2, 0.25) is 5.91 Å². The molecule has 0 spiro atoms. The van der Waals surface area contributed by atoms with Crippen molar-refractivity contribution < 1.29 is 9.90 Å². The molecule has 1 aliphatic heterocycles. The number of hydrogen-bond acceptors (Lipinski definition) is 3. The van der Waals surface area contributed by atoms with E-state index in [0.717, 1.165) is 51.6 Å². The summed E-state index contributed by atoms with van der Waals surface area (Å²) in [7, 11) is 0. The predicted octanol–water partition coefficient (Wildman–Crippen LogP) is 1.67. The standard InChI is InChI=1S/C15H28N2O2/c1-2-9-17-10-5-13(6-11-17)16-14(18)12-15(19)7-3-4-8-15/h13,19H,2-12H2,1H3,(H,16,18). The highest BCUT2D eigenvalue weighted by molar-refractivity contribution is 5.77. The minimum absolute atomic E-state index is 0.0401. The number of amides is 1. The first-order valence-electron chi connectivity index (χ1n) is 7.85. The van der Waals surface area contributed by atoms with Crippen molar-refractivity contribution in [3.05, 3.63) is 0 Å². The maximum Gasteiger partial charge on any atom is 0.223 e. The molecule has 0 aromatic rings. The Bertz CT molecular complexity index is 293. The zero-order valence-electron chi connectivity index (χ0n) is 12.2. The zero-order chi connectivity index (χ0) is 13.7. The fraction of sp³-hybridized carbons (Fsp3) is 0.933. The van der Waals surface area contributed by atoms with Crippen LogP contribution in [0.4, 0.5) is 0 Å². The van der Waals surface area contributed by atoms with Crippen LogP contribution in [0, 0.1) is 0 Å². The van der Waals surface area contributed by atoms with Gasteiger partial charge in [-0.15, -0.1) is 0 Å². The summed E-state index contributed by atoms with van der Waals surface area (Å²) in [4.78, 5) is 14.5. The molecule has 2 rings (SSSR count). The van der Waals surface area contributed by atoms with Crippen molar-refractivity contribution >= 4 is 5.91 Å². The van der Waals surface area contributed by atoms with Crippen LogP contribution < -0.4 is 5.32 Å². The summed E-state index contributed by atoms with van der Waals surface area (Å²) >= 11 is 0. The van der Waals surface area contributed by atoms with Gasteiger partial charge < -0.3 is 15.3 Å². The average molecular weight is 268 g/mol. The van der Waals surface area contributed by atoms with Crippen LogP contribution in [0.25, 0.3) is 0 Å². The summed E-state index contributed by atoms with van der Waals surface area (Å²) in [6, 6.07) is 0.311. The van der Waals surface area contributed by atoms with Gasteiger partial charge in [0, 0.05) is 19.1 Å². The third-order valence-electron chi connectivity index (χ3n) is 4.52. The molecule has 0 unspecified atom stereocenters. The van der Waals surface area contributed by atoms with Crippen LogP contribution in [-0.2, 0) is 4.79 Å². The van der Waals surface area contributed by atoms with Crippen LogP contribution in [0.5, 0.6) is 0 Å². The highest BCUT2D eigenvalue weighted by atomic mass is 16.3. The molecule has 19 heavy (non-hydrogen) atoms. The highest BCUT2D eigenvalue weighted by Crippen LogP contribution is 2.32. The number of nitrogens with zero attached hydrogens (tertiary/aromatic N) is 1. The van der Waals surface area contributed by atoms with E-state index in [4.69, 9.17) is 0 Å². The normalized spacial score (nSPS) is 24.5. The molecule has 1 amide bonds. The minimum Gasteiger partial charge on any atom is -0.389 e. The van der Waals surface area contributed by atoms with Crippen LogP contribution >= 0.6 is 0 Å². The monoisotopic (exact) mass is 268 g/mol. The van der Waals surface area contributed by atoms with Gasteiger partial charge in [-0.25, -0.2) is 0 Å². The maximum atomic E-state index is 12.0. The second kappa shape index (κ2) is 6.71. The van der Waals surface area contributed by atoms with E-state index in [9.17, 15) is 9.90 Å². The van der Waals surface area contributed by atoms with E-state index < -0.39 is 5.60 Å². The van der Waals surface area contributed by atoms with Crippen LogP contribution in [0.3, 0.4) is 0 Å². The number of nitrogens with one attached hydrogen (secondary N) is 1. The number of piperidine rings is 1. The van der Waals surface area contributed by atoms with Gasteiger partial charge in [-0.2, -0.15) is 0 Å². The second-order valence-corrected chi connectivity index (χ2v) is 6.29. The Morgan fingerprint density at radius 3 is 2.53 bits per heavy atom. The average Bonchev–Trinajstić information content (AvgIpc) is 2.78. The van der Waals surface area contributed by atoms with Gasteiger partial charge in [-0.1, -0.05) is 19.8 Å². The molecule has 0 bridgehead atoms. The Kier molecular flexibility index (Phi) is 5.22. The van der Waals surface area contributed by atoms with Gasteiger partial charge in [0.15, 0.2) is 0 Å². The lowest BCUT2D eigenvalue weighted by molar-refractivity contribution is -0.126. The Morgan fingerprint density at radius 1 is 1.32 bits per heavy atom. The fourth-order valence-corrected chi connectivity index (χ4v) is 3.40. The predicted molar refractivity (Wildman–Crippen MR) is 75.9 cm³/mol. The van der Waals surface area contributed by atoms with Crippen LogP contribution in [0.15, 0.2) is 0 Å². The molecular weight excluding hydrogens is 240 g/mol. The molecule has 0 atom stereocenters. The number of carbonyl (C=O) groups is 1. The summed E-state index contributed by atoms with van der Waals surface area (Å²) < 4.78 is 0. The molecular formula is C15H28N2O2. The van der Waals surface area contributed by atoms with E-state index in [1.54, 1.807) is 0 Å². The molecule has 2 aliphatic rings. The molecule has 110 valence electrons. The van der Waals surface area contributed by atoms with E-state index in [1.165, 1.54) is 13.0 Å². The van der Waals surface area contributed by atoms with Gasteiger partial charge >= 0.3 is 0 Å². The first-order chi connectivity index (χ1) is 9.11. The SMILES string of the molecule is CCCN1CCC(NC(=O)CC2(O)CCCC2)CC1. The zero-order valence-corrected chi connectivity index (χ0v) is 12.2. The molecule has 1 saturated heterocycles. The maximum absolute atomic E-state index is 12.0. The van der Waals surface area contributed by atoms with Gasteiger partial charge in [0.25, 0.3) is 0 Å². The van der Waals surface area contributed by atoms with E-state index in [0.29, 0.717) is 12.5 Å².